The average Bonchev–Trinajstić information content (AvgIpc) is 2.84. The third kappa shape index (κ3) is 2.84. The predicted octanol–water partition coefficient (Wildman–Crippen LogP) is 2.23. The van der Waals surface area contributed by atoms with E-state index in [1.54, 1.807) is 24.9 Å². The van der Waals surface area contributed by atoms with Crippen LogP contribution in [0.5, 0.6) is 0 Å². The van der Waals surface area contributed by atoms with Crippen molar-refractivity contribution in [3.63, 3.8) is 0 Å². The Kier molecular flexibility index (Phi) is 4.11. The van der Waals surface area contributed by atoms with E-state index >= 15 is 0 Å². The van der Waals surface area contributed by atoms with Crippen LogP contribution in [0.3, 0.4) is 0 Å². The molecular formula is C14H20N2O4. The third-order valence-electron chi connectivity index (χ3n) is 4.13. The Balaban J connectivity index is 2.23. The van der Waals surface area contributed by atoms with Crippen molar-refractivity contribution in [2.24, 2.45) is 0 Å². The van der Waals surface area contributed by atoms with Crippen molar-refractivity contribution in [1.82, 2.24) is 10.1 Å². The average molecular weight is 280 g/mol. The highest BCUT2D eigenvalue weighted by molar-refractivity contribution is 5.93. The van der Waals surface area contributed by atoms with Crippen LogP contribution in [-0.2, 0) is 4.79 Å². The smallest absolute Gasteiger partial charge is 0.305 e. The molecule has 20 heavy (non-hydrogen) atoms. The van der Waals surface area contributed by atoms with E-state index in [-0.39, 0.29) is 18.0 Å². The first-order chi connectivity index (χ1) is 9.44. The molecular weight excluding hydrogens is 260 g/mol. The summed E-state index contributed by atoms with van der Waals surface area (Å²) >= 11 is 0. The third-order valence-corrected chi connectivity index (χ3v) is 4.13. The molecule has 0 spiro atoms. The molecule has 1 aromatic heterocycles. The van der Waals surface area contributed by atoms with Gasteiger partial charge in [-0.05, 0) is 19.8 Å². The molecule has 1 N–H and O–H groups in total. The molecule has 0 aliphatic heterocycles. The molecule has 6 heteroatoms. The summed E-state index contributed by atoms with van der Waals surface area (Å²) in [5, 5.41) is 12.9. The number of nitrogens with zero attached hydrogens (tertiary/aromatic N) is 2. The minimum absolute atomic E-state index is 0.0218. The van der Waals surface area contributed by atoms with Crippen molar-refractivity contribution in [3.05, 3.63) is 17.5 Å². The zero-order valence-electron chi connectivity index (χ0n) is 11.9. The van der Waals surface area contributed by atoms with Gasteiger partial charge in [-0.2, -0.15) is 0 Å². The molecule has 1 heterocycles. The van der Waals surface area contributed by atoms with E-state index in [9.17, 15) is 9.59 Å². The van der Waals surface area contributed by atoms with Crippen molar-refractivity contribution >= 4 is 11.9 Å². The minimum atomic E-state index is -0.872. The first kappa shape index (κ1) is 14.6. The summed E-state index contributed by atoms with van der Waals surface area (Å²) in [4.78, 5) is 25.2. The second-order valence-electron chi connectivity index (χ2n) is 5.54. The van der Waals surface area contributed by atoms with E-state index in [0.717, 1.165) is 32.1 Å². The summed E-state index contributed by atoms with van der Waals surface area (Å²) in [6.45, 7) is 1.72. The molecule has 0 unspecified atom stereocenters. The van der Waals surface area contributed by atoms with Crippen LogP contribution in [0.4, 0.5) is 0 Å². The number of hydrogen-bond acceptors (Lipinski definition) is 4. The van der Waals surface area contributed by atoms with Crippen LogP contribution in [0.1, 0.15) is 54.8 Å². The van der Waals surface area contributed by atoms with Crippen molar-refractivity contribution in [2.45, 2.75) is 51.0 Å². The van der Waals surface area contributed by atoms with Gasteiger partial charge in [0, 0.05) is 13.1 Å². The number of aryl methyl sites for hydroxylation is 1. The number of carbonyl (C=O) groups excluding carboxylic acids is 1. The van der Waals surface area contributed by atoms with E-state index in [0.29, 0.717) is 5.76 Å². The molecule has 0 atom stereocenters. The number of amides is 1. The Morgan fingerprint density at radius 2 is 2.05 bits per heavy atom. The van der Waals surface area contributed by atoms with E-state index in [1.807, 2.05) is 0 Å². The number of carbonyl (C=O) groups is 2. The summed E-state index contributed by atoms with van der Waals surface area (Å²) in [7, 11) is 1.67. The van der Waals surface area contributed by atoms with Crippen LogP contribution >= 0.6 is 0 Å². The van der Waals surface area contributed by atoms with E-state index in [2.05, 4.69) is 5.16 Å². The molecule has 1 aromatic rings. The Bertz CT molecular complexity index is 503. The van der Waals surface area contributed by atoms with E-state index in [1.165, 1.54) is 0 Å². The second-order valence-corrected chi connectivity index (χ2v) is 5.54. The Labute approximate surface area is 117 Å². The number of aromatic nitrogens is 1. The van der Waals surface area contributed by atoms with Crippen molar-refractivity contribution < 1.29 is 19.2 Å². The van der Waals surface area contributed by atoms with Crippen LogP contribution in [0.15, 0.2) is 10.6 Å². The summed E-state index contributed by atoms with van der Waals surface area (Å²) in [6, 6.07) is 1.58. The molecule has 0 radical (unpaired) electrons. The van der Waals surface area contributed by atoms with Gasteiger partial charge >= 0.3 is 5.97 Å². The van der Waals surface area contributed by atoms with E-state index < -0.39 is 11.5 Å². The molecule has 1 amide bonds. The molecule has 110 valence electrons. The maximum atomic E-state index is 12.5. The Morgan fingerprint density at radius 3 is 2.55 bits per heavy atom. The lowest BCUT2D eigenvalue weighted by Gasteiger charge is -2.43. The van der Waals surface area contributed by atoms with Crippen molar-refractivity contribution in [1.29, 1.82) is 0 Å². The fourth-order valence-electron chi connectivity index (χ4n) is 2.98. The largest absolute Gasteiger partial charge is 0.481 e. The standard InChI is InChI=1S/C14H20N2O4/c1-10-8-11(15-20-10)13(19)16(2)14(9-12(17)18)6-4-3-5-7-14/h8H,3-7,9H2,1-2H3,(H,17,18). The highest BCUT2D eigenvalue weighted by Crippen LogP contribution is 2.36. The van der Waals surface area contributed by atoms with Crippen LogP contribution < -0.4 is 0 Å². The molecule has 0 bridgehead atoms. The van der Waals surface area contributed by atoms with E-state index in [4.69, 9.17) is 9.63 Å². The maximum absolute atomic E-state index is 12.5. The molecule has 1 fully saturated rings. The van der Waals surface area contributed by atoms with Gasteiger partial charge in [0.15, 0.2) is 5.69 Å². The lowest BCUT2D eigenvalue weighted by atomic mass is 9.78. The quantitative estimate of drug-likeness (QED) is 0.914. The molecule has 1 saturated carbocycles. The summed E-state index contributed by atoms with van der Waals surface area (Å²) in [5.74, 6) is -0.578. The number of aliphatic carboxylic acids is 1. The summed E-state index contributed by atoms with van der Waals surface area (Å²) in [6.07, 6.45) is 4.40. The first-order valence-corrected chi connectivity index (χ1v) is 6.88. The Hall–Kier alpha value is -1.85. The van der Waals surface area contributed by atoms with Gasteiger partial charge in [0.25, 0.3) is 5.91 Å². The minimum Gasteiger partial charge on any atom is -0.481 e. The van der Waals surface area contributed by atoms with Gasteiger partial charge in [-0.3, -0.25) is 9.59 Å². The predicted molar refractivity (Wildman–Crippen MR) is 71.4 cm³/mol. The molecule has 0 saturated heterocycles. The Morgan fingerprint density at radius 1 is 1.40 bits per heavy atom. The number of rotatable bonds is 4. The molecule has 6 nitrogen and oxygen atoms in total. The highest BCUT2D eigenvalue weighted by atomic mass is 16.5. The summed E-state index contributed by atoms with van der Waals surface area (Å²) in [5.41, 5.74) is -0.367. The number of hydrogen-bond donors (Lipinski definition) is 1. The molecule has 0 aromatic carbocycles. The lowest BCUT2D eigenvalue weighted by molar-refractivity contribution is -0.140. The molecule has 1 aliphatic carbocycles. The normalized spacial score (nSPS) is 17.7. The maximum Gasteiger partial charge on any atom is 0.305 e. The fraction of sp³-hybridized carbons (Fsp3) is 0.643. The van der Waals surface area contributed by atoms with Gasteiger partial charge in [0.05, 0.1) is 12.0 Å². The summed E-state index contributed by atoms with van der Waals surface area (Å²) < 4.78 is 4.92. The van der Waals surface area contributed by atoms with Crippen LogP contribution in [0.2, 0.25) is 0 Å². The van der Waals surface area contributed by atoms with Gasteiger partial charge < -0.3 is 14.5 Å². The topological polar surface area (TPSA) is 83.6 Å². The molecule has 2 rings (SSSR count). The van der Waals surface area contributed by atoms with Gasteiger partial charge in [0.2, 0.25) is 0 Å². The zero-order valence-corrected chi connectivity index (χ0v) is 11.9. The SMILES string of the molecule is Cc1cc(C(=O)N(C)C2(CC(=O)O)CCCCC2)no1. The van der Waals surface area contributed by atoms with Gasteiger partial charge in [0.1, 0.15) is 5.76 Å². The van der Waals surface area contributed by atoms with Crippen LogP contribution in [0, 0.1) is 6.92 Å². The van der Waals surface area contributed by atoms with Crippen LogP contribution in [-0.4, -0.2) is 39.6 Å². The first-order valence-electron chi connectivity index (χ1n) is 6.88. The number of carboxylic acids is 1. The lowest BCUT2D eigenvalue weighted by Crippen LogP contribution is -2.52. The zero-order chi connectivity index (χ0) is 14.8. The van der Waals surface area contributed by atoms with Crippen LogP contribution in [0.25, 0.3) is 0 Å². The van der Waals surface area contributed by atoms with Gasteiger partial charge in [-0.1, -0.05) is 24.4 Å². The molecule has 1 aliphatic rings. The van der Waals surface area contributed by atoms with Gasteiger partial charge in [-0.25, -0.2) is 0 Å². The van der Waals surface area contributed by atoms with Gasteiger partial charge in [-0.15, -0.1) is 0 Å². The second kappa shape index (κ2) is 5.64. The highest BCUT2D eigenvalue weighted by Gasteiger charge is 2.41. The number of carboxylic acid groups (broad SMARTS) is 1. The fourth-order valence-corrected chi connectivity index (χ4v) is 2.98. The van der Waals surface area contributed by atoms with Crippen molar-refractivity contribution in [2.75, 3.05) is 7.05 Å². The monoisotopic (exact) mass is 280 g/mol. The van der Waals surface area contributed by atoms with Crippen molar-refractivity contribution in [3.8, 4) is 0 Å².